The molecular weight excluding hydrogens is 460 g/mol. The molecule has 0 aliphatic carbocycles. The molecule has 0 bridgehead atoms. The van der Waals surface area contributed by atoms with E-state index in [1.807, 2.05) is 59.5 Å². The van der Waals surface area contributed by atoms with Crippen LogP contribution in [0.3, 0.4) is 0 Å². The summed E-state index contributed by atoms with van der Waals surface area (Å²) in [5, 5.41) is 0.787. The van der Waals surface area contributed by atoms with Crippen LogP contribution in [-0.2, 0) is 16.1 Å². The first-order valence-corrected chi connectivity index (χ1v) is 13.4. The van der Waals surface area contributed by atoms with E-state index in [1.165, 1.54) is 11.8 Å². The van der Waals surface area contributed by atoms with Crippen LogP contribution in [-0.4, -0.2) is 71.2 Å². The average molecular weight is 493 g/mol. The summed E-state index contributed by atoms with van der Waals surface area (Å²) in [4.78, 5) is 36.4. The normalized spacial score (nSPS) is 17.7. The smallest absolute Gasteiger partial charge is 0.262 e. The highest BCUT2D eigenvalue weighted by Crippen LogP contribution is 2.37. The fraction of sp³-hybridized carbons (Fsp3) is 0.444. The van der Waals surface area contributed by atoms with Crippen molar-refractivity contribution in [1.29, 1.82) is 0 Å². The predicted molar refractivity (Wildman–Crippen MR) is 139 cm³/mol. The van der Waals surface area contributed by atoms with Gasteiger partial charge in [0.15, 0.2) is 5.16 Å². The Morgan fingerprint density at radius 2 is 1.66 bits per heavy atom. The summed E-state index contributed by atoms with van der Waals surface area (Å²) in [7, 11) is 0. The number of amides is 1. The molecule has 2 aliphatic heterocycles. The van der Waals surface area contributed by atoms with Gasteiger partial charge in [-0.1, -0.05) is 54.2 Å². The molecule has 2 fully saturated rings. The van der Waals surface area contributed by atoms with Gasteiger partial charge in [-0.05, 0) is 37.0 Å². The topological polar surface area (TPSA) is 67.7 Å². The van der Waals surface area contributed by atoms with Crippen LogP contribution in [0, 0.1) is 0 Å². The Hall–Kier alpha value is -2.68. The lowest BCUT2D eigenvalue weighted by Crippen LogP contribution is -2.37. The number of hydrogen-bond donors (Lipinski definition) is 0. The summed E-state index contributed by atoms with van der Waals surface area (Å²) in [6.45, 7) is 6.42. The lowest BCUT2D eigenvalue weighted by molar-refractivity contribution is -0.129. The number of likely N-dealkylation sites (tertiary alicyclic amines) is 1. The van der Waals surface area contributed by atoms with Gasteiger partial charge in [-0.15, -0.1) is 0 Å². The zero-order chi connectivity index (χ0) is 24.0. The number of fused-ring (bicyclic) bond motifs is 1. The summed E-state index contributed by atoms with van der Waals surface area (Å²) in [5.74, 6) is 0.0981. The largest absolute Gasteiger partial charge is 0.379 e. The molecule has 2 saturated heterocycles. The van der Waals surface area contributed by atoms with Gasteiger partial charge in [0.2, 0.25) is 5.91 Å². The molecular formula is C27H32N4O3S. The number of nitrogens with zero attached hydrogens (tertiary/aromatic N) is 4. The number of ether oxygens (including phenoxy) is 1. The van der Waals surface area contributed by atoms with Crippen molar-refractivity contribution >= 4 is 28.6 Å². The first kappa shape index (κ1) is 24.0. The van der Waals surface area contributed by atoms with Crippen LogP contribution in [0.1, 0.15) is 30.1 Å². The van der Waals surface area contributed by atoms with Gasteiger partial charge in [-0.2, -0.15) is 0 Å². The minimum Gasteiger partial charge on any atom is -0.379 e. The van der Waals surface area contributed by atoms with Crippen LogP contribution < -0.4 is 5.56 Å². The minimum absolute atomic E-state index is 0.0412. The van der Waals surface area contributed by atoms with E-state index in [9.17, 15) is 9.59 Å². The van der Waals surface area contributed by atoms with E-state index < -0.39 is 5.25 Å². The molecule has 5 rings (SSSR count). The number of hydrogen-bond acceptors (Lipinski definition) is 6. The van der Waals surface area contributed by atoms with Crippen LogP contribution >= 0.6 is 11.8 Å². The number of rotatable bonds is 8. The van der Waals surface area contributed by atoms with E-state index in [1.54, 1.807) is 4.57 Å². The number of aromatic nitrogens is 2. The number of carbonyl (C=O) groups excluding carboxylic acids is 1. The van der Waals surface area contributed by atoms with Crippen molar-refractivity contribution in [3.8, 4) is 0 Å². The molecule has 0 spiro atoms. The monoisotopic (exact) mass is 492 g/mol. The highest BCUT2D eigenvalue weighted by molar-refractivity contribution is 8.00. The summed E-state index contributed by atoms with van der Waals surface area (Å²) in [5.41, 5.74) is 1.57. The average Bonchev–Trinajstić information content (AvgIpc) is 3.45. The summed E-state index contributed by atoms with van der Waals surface area (Å²) >= 11 is 1.41. The maximum absolute atomic E-state index is 13.6. The molecule has 35 heavy (non-hydrogen) atoms. The number of morpholine rings is 1. The molecule has 184 valence electrons. The van der Waals surface area contributed by atoms with Gasteiger partial charge >= 0.3 is 0 Å². The van der Waals surface area contributed by atoms with E-state index >= 15 is 0 Å². The van der Waals surface area contributed by atoms with Crippen molar-refractivity contribution in [2.45, 2.75) is 36.2 Å². The lowest BCUT2D eigenvalue weighted by Gasteiger charge is -2.27. The van der Waals surface area contributed by atoms with Gasteiger partial charge in [0, 0.05) is 39.3 Å². The standard InChI is InChI=1S/C27H32N4O3S/c32-25-22-11-4-5-12-23(22)28-27(31(25)16-8-13-29-17-19-34-20-18-29)35-24(21-9-2-1-3-10-21)26(33)30-14-6-7-15-30/h1-5,9-12,24H,6-8,13-20H2. The molecule has 1 atom stereocenters. The Kier molecular flexibility index (Phi) is 7.81. The van der Waals surface area contributed by atoms with Gasteiger partial charge in [0.1, 0.15) is 5.25 Å². The maximum Gasteiger partial charge on any atom is 0.262 e. The van der Waals surface area contributed by atoms with E-state index in [0.29, 0.717) is 22.6 Å². The Labute approximate surface area is 210 Å². The quantitative estimate of drug-likeness (QED) is 0.354. The van der Waals surface area contributed by atoms with Crippen LogP contribution in [0.4, 0.5) is 0 Å². The van der Waals surface area contributed by atoms with Crippen molar-refractivity contribution in [2.75, 3.05) is 45.9 Å². The van der Waals surface area contributed by atoms with Crippen molar-refractivity contribution < 1.29 is 9.53 Å². The third kappa shape index (κ3) is 5.60. The molecule has 0 radical (unpaired) electrons. The highest BCUT2D eigenvalue weighted by atomic mass is 32.2. The van der Waals surface area contributed by atoms with Gasteiger partial charge < -0.3 is 9.64 Å². The molecule has 1 aromatic heterocycles. The molecule has 3 heterocycles. The van der Waals surface area contributed by atoms with Crippen LogP contribution in [0.5, 0.6) is 0 Å². The second-order valence-electron chi connectivity index (χ2n) is 9.12. The molecule has 1 unspecified atom stereocenters. The Balaban J connectivity index is 1.47. The van der Waals surface area contributed by atoms with Crippen LogP contribution in [0.2, 0.25) is 0 Å². The number of carbonyl (C=O) groups is 1. The summed E-state index contributed by atoms with van der Waals surface area (Å²) in [6, 6.07) is 17.4. The lowest BCUT2D eigenvalue weighted by atomic mass is 10.1. The minimum atomic E-state index is -0.437. The molecule has 1 amide bonds. The van der Waals surface area contributed by atoms with E-state index in [2.05, 4.69) is 4.90 Å². The van der Waals surface area contributed by atoms with Crippen molar-refractivity contribution in [3.63, 3.8) is 0 Å². The SMILES string of the molecule is O=C(C(Sc1nc2ccccc2c(=O)n1CCCN1CCOCC1)c1ccccc1)N1CCCC1. The second kappa shape index (κ2) is 11.4. The molecule has 3 aromatic rings. The van der Waals surface area contributed by atoms with Gasteiger partial charge in [-0.25, -0.2) is 4.98 Å². The number of para-hydroxylation sites is 1. The Bertz CT molecular complexity index is 1200. The summed E-state index contributed by atoms with van der Waals surface area (Å²) in [6.07, 6.45) is 2.92. The van der Waals surface area contributed by atoms with Gasteiger partial charge in [0.25, 0.3) is 5.56 Å². The zero-order valence-corrected chi connectivity index (χ0v) is 20.8. The van der Waals surface area contributed by atoms with E-state index in [-0.39, 0.29) is 11.5 Å². The maximum atomic E-state index is 13.6. The Morgan fingerprint density at radius 3 is 2.43 bits per heavy atom. The number of benzene rings is 2. The Morgan fingerprint density at radius 1 is 0.943 bits per heavy atom. The molecule has 2 aromatic carbocycles. The third-order valence-corrected chi connectivity index (χ3v) is 7.99. The fourth-order valence-corrected chi connectivity index (χ4v) is 6.02. The van der Waals surface area contributed by atoms with Crippen molar-refractivity contribution in [1.82, 2.24) is 19.4 Å². The highest BCUT2D eigenvalue weighted by Gasteiger charge is 2.30. The van der Waals surface area contributed by atoms with Gasteiger partial charge in [-0.3, -0.25) is 19.1 Å². The van der Waals surface area contributed by atoms with Crippen LogP contribution in [0.25, 0.3) is 10.9 Å². The molecule has 8 heteroatoms. The zero-order valence-electron chi connectivity index (χ0n) is 20.0. The van der Waals surface area contributed by atoms with E-state index in [4.69, 9.17) is 9.72 Å². The second-order valence-corrected chi connectivity index (χ2v) is 10.2. The van der Waals surface area contributed by atoms with E-state index in [0.717, 1.165) is 70.8 Å². The molecule has 0 N–H and O–H groups in total. The summed E-state index contributed by atoms with van der Waals surface area (Å²) < 4.78 is 7.23. The van der Waals surface area contributed by atoms with Crippen molar-refractivity contribution in [2.24, 2.45) is 0 Å². The predicted octanol–water partition coefficient (Wildman–Crippen LogP) is 3.57. The van der Waals surface area contributed by atoms with Crippen LogP contribution in [0.15, 0.2) is 64.5 Å². The first-order chi connectivity index (χ1) is 17.2. The van der Waals surface area contributed by atoms with Gasteiger partial charge in [0.05, 0.1) is 24.1 Å². The fourth-order valence-electron chi connectivity index (χ4n) is 4.81. The first-order valence-electron chi connectivity index (χ1n) is 12.5. The molecule has 0 saturated carbocycles. The third-order valence-electron chi connectivity index (χ3n) is 6.75. The molecule has 7 nitrogen and oxygen atoms in total. The number of thioether (sulfide) groups is 1. The van der Waals surface area contributed by atoms with Crippen molar-refractivity contribution in [3.05, 3.63) is 70.5 Å². The molecule has 2 aliphatic rings.